The highest BCUT2D eigenvalue weighted by molar-refractivity contribution is 5.92. The van der Waals surface area contributed by atoms with Crippen LogP contribution in [0.1, 0.15) is 13.3 Å². The Bertz CT molecular complexity index is 670. The zero-order valence-corrected chi connectivity index (χ0v) is 12.3. The molecule has 112 valence electrons. The van der Waals surface area contributed by atoms with E-state index in [1.165, 1.54) is 9.47 Å². The summed E-state index contributed by atoms with van der Waals surface area (Å²) in [6.07, 6.45) is 4.23. The third-order valence-electron chi connectivity index (χ3n) is 3.34. The number of amides is 1. The summed E-state index contributed by atoms with van der Waals surface area (Å²) in [4.78, 5) is 25.8. The number of nitrogens with zero attached hydrogens (tertiary/aromatic N) is 3. The smallest absolute Gasteiger partial charge is 0.328 e. The van der Waals surface area contributed by atoms with Crippen LogP contribution in [0.25, 0.3) is 0 Å². The van der Waals surface area contributed by atoms with Crippen LogP contribution >= 0.6 is 0 Å². The number of carbonyl (C=O) groups is 1. The van der Waals surface area contributed by atoms with Crippen molar-refractivity contribution in [3.63, 3.8) is 0 Å². The first-order chi connectivity index (χ1) is 10.0. The van der Waals surface area contributed by atoms with Crippen molar-refractivity contribution in [3.8, 4) is 0 Å². The van der Waals surface area contributed by atoms with Gasteiger partial charge in [-0.2, -0.15) is 0 Å². The van der Waals surface area contributed by atoms with E-state index in [0.717, 1.165) is 12.1 Å². The van der Waals surface area contributed by atoms with E-state index in [4.69, 9.17) is 5.73 Å². The molecule has 0 saturated heterocycles. The molecule has 2 rings (SSSR count). The van der Waals surface area contributed by atoms with Crippen molar-refractivity contribution in [3.05, 3.63) is 47.1 Å². The molecule has 1 amide bonds. The van der Waals surface area contributed by atoms with Gasteiger partial charge in [-0.25, -0.2) is 4.79 Å². The van der Waals surface area contributed by atoms with Crippen molar-refractivity contribution in [2.24, 2.45) is 0 Å². The van der Waals surface area contributed by atoms with Crippen molar-refractivity contribution in [2.45, 2.75) is 26.4 Å². The third kappa shape index (κ3) is 3.34. The average Bonchev–Trinajstić information content (AvgIpc) is 2.81. The zero-order chi connectivity index (χ0) is 15.4. The molecule has 0 aliphatic rings. The van der Waals surface area contributed by atoms with Gasteiger partial charge < -0.3 is 10.6 Å². The molecule has 2 aromatic rings. The Hall–Kier alpha value is -2.50. The number of benzene rings is 1. The Morgan fingerprint density at radius 3 is 2.43 bits per heavy atom. The van der Waals surface area contributed by atoms with E-state index in [1.54, 1.807) is 48.3 Å². The molecule has 1 aromatic carbocycles. The van der Waals surface area contributed by atoms with Crippen LogP contribution in [0.15, 0.2) is 41.5 Å². The first-order valence-electron chi connectivity index (χ1n) is 6.90. The minimum atomic E-state index is -0.157. The number of rotatable bonds is 5. The quantitative estimate of drug-likeness (QED) is 0.843. The fourth-order valence-electron chi connectivity index (χ4n) is 2.08. The lowest BCUT2D eigenvalue weighted by atomic mass is 10.2. The molecule has 0 atom stereocenters. The summed E-state index contributed by atoms with van der Waals surface area (Å²) < 4.78 is 3.03. The summed E-state index contributed by atoms with van der Waals surface area (Å²) in [5.41, 5.74) is 6.86. The highest BCUT2D eigenvalue weighted by Crippen LogP contribution is 2.15. The van der Waals surface area contributed by atoms with Crippen LogP contribution in [0.2, 0.25) is 0 Å². The molecule has 21 heavy (non-hydrogen) atoms. The average molecular weight is 288 g/mol. The summed E-state index contributed by atoms with van der Waals surface area (Å²) in [7, 11) is 1.68. The molecule has 1 aromatic heterocycles. The summed E-state index contributed by atoms with van der Waals surface area (Å²) in [5, 5.41) is 0. The van der Waals surface area contributed by atoms with Gasteiger partial charge in [0.2, 0.25) is 5.91 Å². The number of aromatic nitrogens is 2. The topological polar surface area (TPSA) is 73.3 Å². The lowest BCUT2D eigenvalue weighted by Gasteiger charge is -2.17. The van der Waals surface area contributed by atoms with Crippen LogP contribution in [-0.2, 0) is 17.9 Å². The minimum absolute atomic E-state index is 0.0242. The predicted octanol–water partition coefficient (Wildman–Crippen LogP) is 1.30. The molecular weight excluding hydrogens is 268 g/mol. The van der Waals surface area contributed by atoms with Gasteiger partial charge in [0.1, 0.15) is 6.54 Å². The number of hydrogen-bond acceptors (Lipinski definition) is 3. The molecule has 2 N–H and O–H groups in total. The van der Waals surface area contributed by atoms with Gasteiger partial charge in [-0.3, -0.25) is 13.9 Å². The molecule has 0 aliphatic carbocycles. The van der Waals surface area contributed by atoms with Crippen LogP contribution in [0.4, 0.5) is 11.4 Å². The summed E-state index contributed by atoms with van der Waals surface area (Å²) in [6.45, 7) is 2.69. The zero-order valence-electron chi connectivity index (χ0n) is 12.3. The molecular formula is C15H20N4O2. The fraction of sp³-hybridized carbons (Fsp3) is 0.333. The van der Waals surface area contributed by atoms with Gasteiger partial charge in [-0.1, -0.05) is 6.92 Å². The van der Waals surface area contributed by atoms with Gasteiger partial charge in [0.25, 0.3) is 0 Å². The molecule has 0 saturated carbocycles. The fourth-order valence-corrected chi connectivity index (χ4v) is 2.08. The van der Waals surface area contributed by atoms with E-state index in [9.17, 15) is 9.59 Å². The second-order valence-corrected chi connectivity index (χ2v) is 4.95. The number of anilines is 2. The summed E-state index contributed by atoms with van der Waals surface area (Å²) >= 11 is 0. The number of imidazole rings is 1. The van der Waals surface area contributed by atoms with E-state index in [0.29, 0.717) is 12.2 Å². The van der Waals surface area contributed by atoms with Crippen molar-refractivity contribution in [1.29, 1.82) is 0 Å². The van der Waals surface area contributed by atoms with Gasteiger partial charge in [0, 0.05) is 37.4 Å². The standard InChI is InChI=1S/C15H20N4O2/c1-3-8-18-9-10-19(15(18)21)11-14(20)17(2)13-6-4-12(16)5-7-13/h4-7,9-10H,3,8,11,16H2,1-2H3. The van der Waals surface area contributed by atoms with Crippen LogP contribution < -0.4 is 16.3 Å². The van der Waals surface area contributed by atoms with Gasteiger partial charge in [0.05, 0.1) is 0 Å². The molecule has 0 bridgehead atoms. The van der Waals surface area contributed by atoms with Crippen LogP contribution in [-0.4, -0.2) is 22.1 Å². The maximum absolute atomic E-state index is 12.2. The lowest BCUT2D eigenvalue weighted by Crippen LogP contribution is -2.34. The molecule has 0 aliphatic heterocycles. The van der Waals surface area contributed by atoms with Crippen molar-refractivity contribution in [2.75, 3.05) is 17.7 Å². The van der Waals surface area contributed by atoms with Gasteiger partial charge >= 0.3 is 5.69 Å². The highest BCUT2D eigenvalue weighted by atomic mass is 16.2. The van der Waals surface area contributed by atoms with E-state index in [-0.39, 0.29) is 18.1 Å². The summed E-state index contributed by atoms with van der Waals surface area (Å²) in [6, 6.07) is 7.03. The van der Waals surface area contributed by atoms with Crippen molar-refractivity contribution < 1.29 is 4.79 Å². The Labute approximate surface area is 123 Å². The van der Waals surface area contributed by atoms with E-state index < -0.39 is 0 Å². The molecule has 0 spiro atoms. The predicted molar refractivity (Wildman–Crippen MR) is 83.2 cm³/mol. The van der Waals surface area contributed by atoms with E-state index in [1.807, 2.05) is 6.92 Å². The van der Waals surface area contributed by atoms with Gasteiger partial charge in [0.15, 0.2) is 0 Å². The Morgan fingerprint density at radius 1 is 1.19 bits per heavy atom. The van der Waals surface area contributed by atoms with Crippen LogP contribution in [0.3, 0.4) is 0 Å². The van der Waals surface area contributed by atoms with Crippen LogP contribution in [0.5, 0.6) is 0 Å². The van der Waals surface area contributed by atoms with Crippen LogP contribution in [0, 0.1) is 0 Å². The molecule has 0 fully saturated rings. The molecule has 1 heterocycles. The van der Waals surface area contributed by atoms with Crippen molar-refractivity contribution >= 4 is 17.3 Å². The van der Waals surface area contributed by atoms with E-state index >= 15 is 0 Å². The largest absolute Gasteiger partial charge is 0.399 e. The Kier molecular flexibility index (Phi) is 4.47. The lowest BCUT2D eigenvalue weighted by molar-refractivity contribution is -0.118. The Morgan fingerprint density at radius 2 is 1.81 bits per heavy atom. The molecule has 6 nitrogen and oxygen atoms in total. The highest BCUT2D eigenvalue weighted by Gasteiger charge is 2.13. The first-order valence-corrected chi connectivity index (χ1v) is 6.90. The number of nitrogen functional groups attached to an aromatic ring is 1. The molecule has 0 radical (unpaired) electrons. The summed E-state index contributed by atoms with van der Waals surface area (Å²) in [5.74, 6) is -0.156. The minimum Gasteiger partial charge on any atom is -0.399 e. The van der Waals surface area contributed by atoms with Gasteiger partial charge in [-0.05, 0) is 30.7 Å². The van der Waals surface area contributed by atoms with Gasteiger partial charge in [-0.15, -0.1) is 0 Å². The third-order valence-corrected chi connectivity index (χ3v) is 3.34. The number of aryl methyl sites for hydroxylation is 1. The number of nitrogens with two attached hydrogens (primary N) is 1. The number of carbonyl (C=O) groups excluding carboxylic acids is 1. The Balaban J connectivity index is 2.10. The maximum Gasteiger partial charge on any atom is 0.328 e. The van der Waals surface area contributed by atoms with Crippen molar-refractivity contribution in [1.82, 2.24) is 9.13 Å². The SMILES string of the molecule is CCCn1ccn(CC(=O)N(C)c2ccc(N)cc2)c1=O. The normalized spacial score (nSPS) is 10.6. The first kappa shape index (κ1) is 14.9. The maximum atomic E-state index is 12.2. The number of likely N-dealkylation sites (N-methyl/N-ethyl adjacent to an activating group) is 1. The second-order valence-electron chi connectivity index (χ2n) is 4.95. The molecule has 0 unspecified atom stereocenters. The monoisotopic (exact) mass is 288 g/mol. The molecule has 6 heteroatoms. The van der Waals surface area contributed by atoms with E-state index in [2.05, 4.69) is 0 Å². The number of hydrogen-bond donors (Lipinski definition) is 1. The second kappa shape index (κ2) is 6.30.